The molecule has 0 aromatic heterocycles. The van der Waals surface area contributed by atoms with E-state index in [2.05, 4.69) is 5.32 Å². The van der Waals surface area contributed by atoms with Gasteiger partial charge in [-0.25, -0.2) is 0 Å². The monoisotopic (exact) mass is 333 g/mol. The van der Waals surface area contributed by atoms with Crippen molar-refractivity contribution in [3.8, 4) is 11.5 Å². The van der Waals surface area contributed by atoms with Gasteiger partial charge in [0, 0.05) is 12.1 Å². The zero-order chi connectivity index (χ0) is 17.6. The fraction of sp³-hybridized carbons (Fsp3) is 0.0952. The quantitative estimate of drug-likeness (QED) is 0.699. The highest BCUT2D eigenvalue weighted by molar-refractivity contribution is 6.04. The van der Waals surface area contributed by atoms with Crippen LogP contribution in [0.25, 0.3) is 16.8 Å². The summed E-state index contributed by atoms with van der Waals surface area (Å²) < 4.78 is 10.5. The van der Waals surface area contributed by atoms with Gasteiger partial charge in [0.1, 0.15) is 11.5 Å². The summed E-state index contributed by atoms with van der Waals surface area (Å²) in [5.74, 6) is 0.987. The molecule has 4 nitrogen and oxygen atoms in total. The van der Waals surface area contributed by atoms with Crippen LogP contribution in [0.3, 0.4) is 0 Å². The number of nitrogens with one attached hydrogen (secondary N) is 1. The van der Waals surface area contributed by atoms with Crippen molar-refractivity contribution >= 4 is 28.4 Å². The van der Waals surface area contributed by atoms with Gasteiger partial charge in [0.2, 0.25) is 5.91 Å². The second-order valence-corrected chi connectivity index (χ2v) is 5.46. The maximum Gasteiger partial charge on any atom is 0.248 e. The highest BCUT2D eigenvalue weighted by Gasteiger charge is 2.07. The van der Waals surface area contributed by atoms with Crippen molar-refractivity contribution in [3.63, 3.8) is 0 Å². The summed E-state index contributed by atoms with van der Waals surface area (Å²) in [5, 5.41) is 5.07. The van der Waals surface area contributed by atoms with Crippen LogP contribution >= 0.6 is 0 Å². The number of methoxy groups -OCH3 is 2. The SMILES string of the molecule is COc1ccc(OC)c(NC(=O)C=Cc2cccc3ccccc23)c1. The van der Waals surface area contributed by atoms with Crippen molar-refractivity contribution in [2.24, 2.45) is 0 Å². The lowest BCUT2D eigenvalue weighted by Gasteiger charge is -2.10. The average molecular weight is 333 g/mol. The average Bonchev–Trinajstić information content (AvgIpc) is 2.66. The molecule has 0 atom stereocenters. The summed E-state index contributed by atoms with van der Waals surface area (Å²) in [5.41, 5.74) is 1.56. The topological polar surface area (TPSA) is 47.6 Å². The number of amides is 1. The van der Waals surface area contributed by atoms with Gasteiger partial charge in [-0.15, -0.1) is 0 Å². The lowest BCUT2D eigenvalue weighted by Crippen LogP contribution is -2.09. The number of benzene rings is 3. The van der Waals surface area contributed by atoms with E-state index in [1.165, 1.54) is 6.08 Å². The van der Waals surface area contributed by atoms with Crippen molar-refractivity contribution in [2.75, 3.05) is 19.5 Å². The maximum absolute atomic E-state index is 12.3. The molecule has 0 aliphatic heterocycles. The Morgan fingerprint density at radius 2 is 1.76 bits per heavy atom. The summed E-state index contributed by atoms with van der Waals surface area (Å²) >= 11 is 0. The molecule has 1 N–H and O–H groups in total. The minimum absolute atomic E-state index is 0.237. The van der Waals surface area contributed by atoms with Gasteiger partial charge in [-0.3, -0.25) is 4.79 Å². The molecule has 3 rings (SSSR count). The van der Waals surface area contributed by atoms with E-state index in [0.717, 1.165) is 16.3 Å². The lowest BCUT2D eigenvalue weighted by atomic mass is 10.0. The molecule has 0 unspecified atom stereocenters. The van der Waals surface area contributed by atoms with Crippen molar-refractivity contribution in [1.82, 2.24) is 0 Å². The third kappa shape index (κ3) is 3.80. The summed E-state index contributed by atoms with van der Waals surface area (Å²) in [4.78, 5) is 12.3. The van der Waals surface area contributed by atoms with Crippen molar-refractivity contribution in [3.05, 3.63) is 72.3 Å². The van der Waals surface area contributed by atoms with E-state index in [9.17, 15) is 4.79 Å². The van der Waals surface area contributed by atoms with E-state index in [1.54, 1.807) is 32.4 Å². The number of hydrogen-bond donors (Lipinski definition) is 1. The Morgan fingerprint density at radius 1 is 0.960 bits per heavy atom. The van der Waals surface area contributed by atoms with Gasteiger partial charge in [0.25, 0.3) is 0 Å². The zero-order valence-corrected chi connectivity index (χ0v) is 14.2. The predicted octanol–water partition coefficient (Wildman–Crippen LogP) is 4.51. The van der Waals surface area contributed by atoms with E-state index in [1.807, 2.05) is 48.5 Å². The largest absolute Gasteiger partial charge is 0.497 e. The molecule has 0 aliphatic rings. The van der Waals surface area contributed by atoms with Crippen molar-refractivity contribution in [1.29, 1.82) is 0 Å². The molecule has 4 heteroatoms. The summed E-state index contributed by atoms with van der Waals surface area (Å²) in [7, 11) is 3.14. The molecule has 0 saturated heterocycles. The minimum atomic E-state index is -0.237. The standard InChI is InChI=1S/C21H19NO3/c1-24-17-11-12-20(25-2)19(14-17)22-21(23)13-10-16-8-5-7-15-6-3-4-9-18(15)16/h3-14H,1-2H3,(H,22,23). The molecule has 0 radical (unpaired) electrons. The normalized spacial score (nSPS) is 10.8. The highest BCUT2D eigenvalue weighted by atomic mass is 16.5. The Balaban J connectivity index is 1.81. The third-order valence-corrected chi connectivity index (χ3v) is 3.90. The zero-order valence-electron chi connectivity index (χ0n) is 14.2. The van der Waals surface area contributed by atoms with Crippen LogP contribution in [0.2, 0.25) is 0 Å². The van der Waals surface area contributed by atoms with E-state index < -0.39 is 0 Å². The molecule has 0 saturated carbocycles. The highest BCUT2D eigenvalue weighted by Crippen LogP contribution is 2.29. The number of carbonyl (C=O) groups is 1. The molecule has 0 heterocycles. The first-order valence-electron chi connectivity index (χ1n) is 7.90. The molecule has 25 heavy (non-hydrogen) atoms. The Hall–Kier alpha value is -3.27. The molecule has 3 aromatic carbocycles. The fourth-order valence-corrected chi connectivity index (χ4v) is 2.65. The Labute approximate surface area is 146 Å². The maximum atomic E-state index is 12.3. The smallest absolute Gasteiger partial charge is 0.248 e. The second kappa shape index (κ2) is 7.53. The van der Waals surface area contributed by atoms with Crippen LogP contribution in [0.1, 0.15) is 5.56 Å². The number of anilines is 1. The molecule has 0 spiro atoms. The Morgan fingerprint density at radius 3 is 2.56 bits per heavy atom. The third-order valence-electron chi connectivity index (χ3n) is 3.90. The van der Waals surface area contributed by atoms with Gasteiger partial charge in [0.05, 0.1) is 19.9 Å². The van der Waals surface area contributed by atoms with Gasteiger partial charge in [-0.1, -0.05) is 42.5 Å². The molecule has 0 aliphatic carbocycles. The van der Waals surface area contributed by atoms with E-state index in [0.29, 0.717) is 17.2 Å². The van der Waals surface area contributed by atoms with Crippen LogP contribution in [-0.4, -0.2) is 20.1 Å². The predicted molar refractivity (Wildman–Crippen MR) is 101 cm³/mol. The van der Waals surface area contributed by atoms with Crippen LogP contribution in [0, 0.1) is 0 Å². The van der Waals surface area contributed by atoms with Gasteiger partial charge >= 0.3 is 0 Å². The van der Waals surface area contributed by atoms with Crippen molar-refractivity contribution < 1.29 is 14.3 Å². The van der Waals surface area contributed by atoms with Gasteiger partial charge in [-0.2, -0.15) is 0 Å². The first-order valence-corrected chi connectivity index (χ1v) is 7.90. The number of carbonyl (C=O) groups excluding carboxylic acids is 1. The molecule has 1 amide bonds. The molecule has 0 fully saturated rings. The fourth-order valence-electron chi connectivity index (χ4n) is 2.65. The van der Waals surface area contributed by atoms with Crippen LogP contribution in [0.4, 0.5) is 5.69 Å². The van der Waals surface area contributed by atoms with Gasteiger partial charge < -0.3 is 14.8 Å². The summed E-state index contributed by atoms with van der Waals surface area (Å²) in [6.07, 6.45) is 3.32. The van der Waals surface area contributed by atoms with Crippen LogP contribution < -0.4 is 14.8 Å². The van der Waals surface area contributed by atoms with Gasteiger partial charge in [-0.05, 0) is 34.5 Å². The summed E-state index contributed by atoms with van der Waals surface area (Å²) in [6, 6.07) is 19.3. The number of hydrogen-bond acceptors (Lipinski definition) is 3. The Bertz CT molecular complexity index is 926. The number of ether oxygens (including phenoxy) is 2. The van der Waals surface area contributed by atoms with Crippen LogP contribution in [0.5, 0.6) is 11.5 Å². The Kier molecular flexibility index (Phi) is 5.00. The first-order chi connectivity index (χ1) is 12.2. The second-order valence-electron chi connectivity index (χ2n) is 5.46. The molecule has 0 bridgehead atoms. The number of rotatable bonds is 5. The molecule has 126 valence electrons. The molecular weight excluding hydrogens is 314 g/mol. The first kappa shape index (κ1) is 16.6. The summed E-state index contributed by atoms with van der Waals surface area (Å²) in [6.45, 7) is 0. The van der Waals surface area contributed by atoms with Gasteiger partial charge in [0.15, 0.2) is 0 Å². The molecule has 3 aromatic rings. The van der Waals surface area contributed by atoms with E-state index in [4.69, 9.17) is 9.47 Å². The van der Waals surface area contributed by atoms with Crippen molar-refractivity contribution in [2.45, 2.75) is 0 Å². The molecular formula is C21H19NO3. The van der Waals surface area contributed by atoms with Crippen LogP contribution in [0.15, 0.2) is 66.7 Å². The minimum Gasteiger partial charge on any atom is -0.497 e. The van der Waals surface area contributed by atoms with E-state index in [-0.39, 0.29) is 5.91 Å². The van der Waals surface area contributed by atoms with Crippen LogP contribution in [-0.2, 0) is 4.79 Å². The van der Waals surface area contributed by atoms with E-state index >= 15 is 0 Å². The lowest BCUT2D eigenvalue weighted by molar-refractivity contribution is -0.111. The number of fused-ring (bicyclic) bond motifs is 1.